The fourth-order valence-corrected chi connectivity index (χ4v) is 2.10. The van der Waals surface area contributed by atoms with Crippen LogP contribution < -0.4 is 0 Å². The number of nitrogens with zero attached hydrogens (tertiary/aromatic N) is 2. The second-order valence-corrected chi connectivity index (χ2v) is 5.41. The number of aryl methyl sites for hydroxylation is 2. The molecule has 0 saturated heterocycles. The summed E-state index contributed by atoms with van der Waals surface area (Å²) in [5.74, 6) is 1.56. The maximum absolute atomic E-state index is 6.05. The van der Waals surface area contributed by atoms with Gasteiger partial charge in [-0.05, 0) is 41.4 Å². The van der Waals surface area contributed by atoms with Crippen LogP contribution in [0.25, 0.3) is 0 Å². The Morgan fingerprint density at radius 1 is 1.33 bits per heavy atom. The zero-order valence-electron chi connectivity index (χ0n) is 9.35. The Hall–Kier alpha value is 0.100. The van der Waals surface area contributed by atoms with E-state index in [0.29, 0.717) is 11.1 Å². The summed E-state index contributed by atoms with van der Waals surface area (Å²) in [6.45, 7) is 6.50. The van der Waals surface area contributed by atoms with Gasteiger partial charge in [0.1, 0.15) is 11.0 Å². The van der Waals surface area contributed by atoms with E-state index in [-0.39, 0.29) is 0 Å². The first-order valence-electron chi connectivity index (χ1n) is 5.25. The molecule has 0 fully saturated rings. The molecule has 0 bridgehead atoms. The first-order chi connectivity index (χ1) is 7.04. The maximum Gasteiger partial charge on any atom is 0.146 e. The molecule has 0 amide bonds. The van der Waals surface area contributed by atoms with E-state index in [9.17, 15) is 0 Å². The monoisotopic (exact) mass is 338 g/mol. The molecule has 15 heavy (non-hydrogen) atoms. The van der Waals surface area contributed by atoms with Gasteiger partial charge in [-0.2, -0.15) is 0 Å². The largest absolute Gasteiger partial charge is 0.237 e. The van der Waals surface area contributed by atoms with Crippen molar-refractivity contribution in [3.05, 3.63) is 20.2 Å². The standard InChI is InChI=1S/C11H16ClIN2/c1-4-8-10(13)11(12)15-9(14-8)6-5-7(2)3/h7H,4-6H2,1-3H3. The van der Waals surface area contributed by atoms with Crippen molar-refractivity contribution >= 4 is 34.2 Å². The van der Waals surface area contributed by atoms with Gasteiger partial charge in [0.2, 0.25) is 0 Å². The lowest BCUT2D eigenvalue weighted by molar-refractivity contribution is 0.573. The topological polar surface area (TPSA) is 25.8 Å². The van der Waals surface area contributed by atoms with E-state index in [4.69, 9.17) is 11.6 Å². The molecule has 0 spiro atoms. The summed E-state index contributed by atoms with van der Waals surface area (Å²) in [4.78, 5) is 8.82. The highest BCUT2D eigenvalue weighted by Crippen LogP contribution is 2.20. The van der Waals surface area contributed by atoms with Gasteiger partial charge < -0.3 is 0 Å². The number of hydrogen-bond acceptors (Lipinski definition) is 2. The molecule has 2 nitrogen and oxygen atoms in total. The highest BCUT2D eigenvalue weighted by atomic mass is 127. The summed E-state index contributed by atoms with van der Waals surface area (Å²) < 4.78 is 0.991. The zero-order valence-corrected chi connectivity index (χ0v) is 12.3. The van der Waals surface area contributed by atoms with Gasteiger partial charge >= 0.3 is 0 Å². The Kier molecular flexibility index (Phi) is 5.26. The lowest BCUT2D eigenvalue weighted by Gasteiger charge is -2.07. The Morgan fingerprint density at radius 3 is 2.53 bits per heavy atom. The van der Waals surface area contributed by atoms with E-state index in [1.54, 1.807) is 0 Å². The number of rotatable bonds is 4. The van der Waals surface area contributed by atoms with Crippen LogP contribution in [0.2, 0.25) is 5.15 Å². The molecule has 0 radical (unpaired) electrons. The van der Waals surface area contributed by atoms with Crippen LogP contribution in [0.5, 0.6) is 0 Å². The van der Waals surface area contributed by atoms with Crippen LogP contribution in [-0.4, -0.2) is 9.97 Å². The molecule has 1 aromatic heterocycles. The second-order valence-electron chi connectivity index (χ2n) is 3.98. The molecule has 84 valence electrons. The minimum atomic E-state index is 0.598. The average molecular weight is 339 g/mol. The normalized spacial score (nSPS) is 11.1. The average Bonchev–Trinajstić information content (AvgIpc) is 2.19. The number of halogens is 2. The predicted octanol–water partition coefficient (Wildman–Crippen LogP) is 3.89. The van der Waals surface area contributed by atoms with Gasteiger partial charge in [-0.3, -0.25) is 0 Å². The van der Waals surface area contributed by atoms with Gasteiger partial charge in [-0.15, -0.1) is 0 Å². The summed E-state index contributed by atoms with van der Waals surface area (Å²) in [5.41, 5.74) is 1.06. The summed E-state index contributed by atoms with van der Waals surface area (Å²) in [6, 6.07) is 0. The van der Waals surface area contributed by atoms with Crippen molar-refractivity contribution in [2.45, 2.75) is 40.0 Å². The van der Waals surface area contributed by atoms with Crippen LogP contribution in [0.3, 0.4) is 0 Å². The molecular weight excluding hydrogens is 322 g/mol. The maximum atomic E-state index is 6.05. The summed E-state index contributed by atoms with van der Waals surface area (Å²) >= 11 is 8.26. The van der Waals surface area contributed by atoms with Crippen LogP contribution in [0.4, 0.5) is 0 Å². The first-order valence-corrected chi connectivity index (χ1v) is 6.71. The molecule has 4 heteroatoms. The van der Waals surface area contributed by atoms with E-state index >= 15 is 0 Å². The third-order valence-electron chi connectivity index (χ3n) is 2.21. The molecule has 0 N–H and O–H groups in total. The van der Waals surface area contributed by atoms with Gasteiger partial charge in [-0.1, -0.05) is 32.4 Å². The van der Waals surface area contributed by atoms with Gasteiger partial charge in [-0.25, -0.2) is 9.97 Å². The molecule has 1 rings (SSSR count). The van der Waals surface area contributed by atoms with Crippen LogP contribution >= 0.6 is 34.2 Å². The van der Waals surface area contributed by atoms with Crippen LogP contribution in [0.1, 0.15) is 38.7 Å². The lowest BCUT2D eigenvalue weighted by atomic mass is 10.1. The van der Waals surface area contributed by atoms with Crippen LogP contribution in [0.15, 0.2) is 0 Å². The molecule has 0 atom stereocenters. The molecule has 0 aromatic carbocycles. The number of aromatic nitrogens is 2. The van der Waals surface area contributed by atoms with Gasteiger partial charge in [0, 0.05) is 6.42 Å². The highest BCUT2D eigenvalue weighted by Gasteiger charge is 2.09. The third-order valence-corrected chi connectivity index (χ3v) is 3.93. The van der Waals surface area contributed by atoms with E-state index in [1.165, 1.54) is 0 Å². The van der Waals surface area contributed by atoms with E-state index in [2.05, 4.69) is 53.3 Å². The molecule has 1 aromatic rings. The summed E-state index contributed by atoms with van der Waals surface area (Å²) in [6.07, 6.45) is 2.94. The van der Waals surface area contributed by atoms with Crippen molar-refractivity contribution in [3.63, 3.8) is 0 Å². The van der Waals surface area contributed by atoms with E-state index < -0.39 is 0 Å². The smallest absolute Gasteiger partial charge is 0.146 e. The fraction of sp³-hybridized carbons (Fsp3) is 0.636. The van der Waals surface area contributed by atoms with E-state index in [1.807, 2.05) is 0 Å². The molecule has 0 unspecified atom stereocenters. The minimum absolute atomic E-state index is 0.598. The first kappa shape index (κ1) is 13.2. The summed E-state index contributed by atoms with van der Waals surface area (Å²) in [7, 11) is 0. The molecule has 1 heterocycles. The Morgan fingerprint density at radius 2 is 2.00 bits per heavy atom. The van der Waals surface area contributed by atoms with Gasteiger partial charge in [0.15, 0.2) is 0 Å². The quantitative estimate of drug-likeness (QED) is 0.615. The fourth-order valence-electron chi connectivity index (χ4n) is 1.28. The van der Waals surface area contributed by atoms with Crippen molar-refractivity contribution < 1.29 is 0 Å². The van der Waals surface area contributed by atoms with Crippen LogP contribution in [0, 0.1) is 9.49 Å². The molecule has 0 aliphatic carbocycles. The lowest BCUT2D eigenvalue weighted by Crippen LogP contribution is -2.04. The second kappa shape index (κ2) is 5.99. The minimum Gasteiger partial charge on any atom is -0.237 e. The SMILES string of the molecule is CCc1nc(CCC(C)C)nc(Cl)c1I. The van der Waals surface area contributed by atoms with Crippen molar-refractivity contribution in [2.75, 3.05) is 0 Å². The third kappa shape index (κ3) is 3.87. The van der Waals surface area contributed by atoms with Crippen molar-refractivity contribution in [1.29, 1.82) is 0 Å². The van der Waals surface area contributed by atoms with Crippen molar-refractivity contribution in [3.8, 4) is 0 Å². The number of hydrogen-bond donors (Lipinski definition) is 0. The Balaban J connectivity index is 2.86. The van der Waals surface area contributed by atoms with Crippen LogP contribution in [-0.2, 0) is 12.8 Å². The van der Waals surface area contributed by atoms with Gasteiger partial charge in [0.25, 0.3) is 0 Å². The van der Waals surface area contributed by atoms with Gasteiger partial charge in [0.05, 0.1) is 9.26 Å². The van der Waals surface area contributed by atoms with Crippen molar-refractivity contribution in [1.82, 2.24) is 9.97 Å². The highest BCUT2D eigenvalue weighted by molar-refractivity contribution is 14.1. The summed E-state index contributed by atoms with van der Waals surface area (Å²) in [5, 5.41) is 0.598. The van der Waals surface area contributed by atoms with Crippen molar-refractivity contribution in [2.24, 2.45) is 5.92 Å². The molecule has 0 aliphatic rings. The Bertz CT molecular complexity index is 340. The molecule has 0 aliphatic heterocycles. The molecular formula is C11H16ClIN2. The Labute approximate surface area is 110 Å². The van der Waals surface area contributed by atoms with E-state index in [0.717, 1.165) is 34.4 Å². The predicted molar refractivity (Wildman–Crippen MR) is 72.3 cm³/mol. The molecule has 0 saturated carbocycles. The zero-order chi connectivity index (χ0) is 11.4.